The molecule has 0 aromatic rings. The third kappa shape index (κ3) is 7.34. The van der Waals surface area contributed by atoms with Crippen LogP contribution >= 0.6 is 0 Å². The first kappa shape index (κ1) is 9.34. The molecule has 0 spiro atoms. The molecule has 0 fully saturated rings. The molecule has 0 heterocycles. The summed E-state index contributed by atoms with van der Waals surface area (Å²) >= 11 is 3.89. The van der Waals surface area contributed by atoms with Gasteiger partial charge in [0, 0.05) is 6.08 Å². The van der Waals surface area contributed by atoms with E-state index in [0.717, 1.165) is 6.08 Å². The molecule has 0 saturated heterocycles. The van der Waals surface area contributed by atoms with Crippen molar-refractivity contribution in [2.24, 2.45) is 5.73 Å². The molecule has 3 N–H and O–H groups in total. The maximum Gasteiger partial charge on any atom is 0.311 e. The van der Waals surface area contributed by atoms with Crippen LogP contribution in [0.2, 0.25) is 0 Å². The molecule has 0 aromatic carbocycles. The van der Waals surface area contributed by atoms with E-state index in [-0.39, 0.29) is 0 Å². The van der Waals surface area contributed by atoms with E-state index in [9.17, 15) is 9.00 Å². The van der Waals surface area contributed by atoms with Gasteiger partial charge in [-0.2, -0.15) is 4.21 Å². The molecule has 0 bridgehead atoms. The summed E-state index contributed by atoms with van der Waals surface area (Å²) in [5.74, 6) is -0.779. The van der Waals surface area contributed by atoms with Crippen LogP contribution in [0.4, 0.5) is 0 Å². The molecule has 0 rings (SSSR count). The minimum atomic E-state index is -3.68. The van der Waals surface area contributed by atoms with Gasteiger partial charge in [0.2, 0.25) is 5.91 Å². The molecule has 0 aliphatic carbocycles. The van der Waals surface area contributed by atoms with Crippen molar-refractivity contribution in [3.63, 3.8) is 0 Å². The van der Waals surface area contributed by atoms with E-state index in [0.29, 0.717) is 6.26 Å². The van der Waals surface area contributed by atoms with Gasteiger partial charge in [-0.1, -0.05) is 0 Å². The van der Waals surface area contributed by atoms with E-state index < -0.39 is 15.0 Å². The maximum atomic E-state index is 10.1. The van der Waals surface area contributed by atoms with Crippen molar-refractivity contribution < 1.29 is 17.7 Å². The predicted molar refractivity (Wildman–Crippen MR) is 37.6 cm³/mol. The molecular formula is C3H5NO4S2. The Hall–Kier alpha value is -0.660. The van der Waals surface area contributed by atoms with Gasteiger partial charge >= 0.3 is 9.05 Å². The molecule has 58 valence electrons. The number of hydrogen-bond acceptors (Lipinski definition) is 4. The van der Waals surface area contributed by atoms with E-state index in [2.05, 4.69) is 21.1 Å². The van der Waals surface area contributed by atoms with Crippen molar-refractivity contribution in [2.45, 2.75) is 0 Å². The van der Waals surface area contributed by atoms with Gasteiger partial charge in [-0.05, 0) is 0 Å². The Morgan fingerprint density at radius 2 is 2.30 bits per heavy atom. The number of rotatable bonds is 3. The predicted octanol–water partition coefficient (Wildman–Crippen LogP) is -0.864. The van der Waals surface area contributed by atoms with E-state index in [4.69, 9.17) is 4.55 Å². The normalized spacial score (nSPS) is 16.5. The number of hydrogen-bond donors (Lipinski definition) is 2. The summed E-state index contributed by atoms with van der Waals surface area (Å²) in [4.78, 5) is 9.93. The SMILES string of the molecule is NC(=O)C=COS(=O)(O)=S. The second-order valence-electron chi connectivity index (χ2n) is 1.23. The molecule has 0 aromatic heterocycles. The summed E-state index contributed by atoms with van der Waals surface area (Å²) in [7, 11) is -3.68. The summed E-state index contributed by atoms with van der Waals surface area (Å²) < 4.78 is 22.3. The smallest absolute Gasteiger partial charge is 0.311 e. The van der Waals surface area contributed by atoms with Crippen LogP contribution in [0, 0.1) is 0 Å². The monoisotopic (exact) mass is 183 g/mol. The molecule has 10 heavy (non-hydrogen) atoms. The molecule has 0 saturated carbocycles. The van der Waals surface area contributed by atoms with Crippen LogP contribution in [0.25, 0.3) is 0 Å². The molecule has 0 aliphatic rings. The Kier molecular flexibility index (Phi) is 3.26. The molecule has 1 unspecified atom stereocenters. The largest absolute Gasteiger partial charge is 0.390 e. The zero-order valence-electron chi connectivity index (χ0n) is 4.72. The highest BCUT2D eigenvalue weighted by atomic mass is 32.9. The Labute approximate surface area is 62.6 Å². The number of primary amides is 1. The third-order valence-corrected chi connectivity index (χ3v) is 0.999. The molecule has 1 atom stereocenters. The summed E-state index contributed by atoms with van der Waals surface area (Å²) in [6.07, 6.45) is 1.46. The summed E-state index contributed by atoms with van der Waals surface area (Å²) in [6.45, 7) is 0. The van der Waals surface area contributed by atoms with Crippen LogP contribution in [0.5, 0.6) is 0 Å². The zero-order chi connectivity index (χ0) is 8.20. The molecular weight excluding hydrogens is 178 g/mol. The Bertz CT molecular complexity index is 241. The average molecular weight is 183 g/mol. The molecule has 0 radical (unpaired) electrons. The highest BCUT2D eigenvalue weighted by Crippen LogP contribution is 1.86. The molecule has 1 amide bonds. The first-order valence-corrected chi connectivity index (χ1v) is 4.40. The van der Waals surface area contributed by atoms with Gasteiger partial charge in [0.05, 0.1) is 11.2 Å². The fraction of sp³-hybridized carbons (Fsp3) is 0. The van der Waals surface area contributed by atoms with Crippen LogP contribution in [-0.2, 0) is 29.2 Å². The molecule has 0 aliphatic heterocycles. The first-order valence-electron chi connectivity index (χ1n) is 2.03. The first-order chi connectivity index (χ1) is 4.42. The van der Waals surface area contributed by atoms with Gasteiger partial charge in [0.1, 0.15) is 6.26 Å². The second kappa shape index (κ2) is 3.49. The second-order valence-corrected chi connectivity index (χ2v) is 3.54. The fourth-order valence-electron chi connectivity index (χ4n) is 0.165. The third-order valence-electron chi connectivity index (χ3n) is 0.409. The molecule has 7 heteroatoms. The quantitative estimate of drug-likeness (QED) is 0.439. The van der Waals surface area contributed by atoms with Gasteiger partial charge in [-0.3, -0.25) is 9.35 Å². The highest BCUT2D eigenvalue weighted by molar-refractivity contribution is 8.27. The number of carbonyl (C=O) groups excluding carboxylic acids is 1. The average Bonchev–Trinajstić information content (AvgIpc) is 1.59. The maximum absolute atomic E-state index is 10.1. The van der Waals surface area contributed by atoms with Crippen LogP contribution in [0.1, 0.15) is 0 Å². The number of amides is 1. The summed E-state index contributed by atoms with van der Waals surface area (Å²) in [5, 5.41) is 0. The standard InChI is InChI=1S/C3H5NO4S2/c4-3(5)1-2-8-10(6,7)9/h1-2H,(H2,4,5)(H,6,7,9). The Morgan fingerprint density at radius 1 is 1.80 bits per heavy atom. The lowest BCUT2D eigenvalue weighted by molar-refractivity contribution is -0.113. The lowest BCUT2D eigenvalue weighted by Crippen LogP contribution is -2.06. The van der Waals surface area contributed by atoms with E-state index >= 15 is 0 Å². The Morgan fingerprint density at radius 3 is 2.60 bits per heavy atom. The van der Waals surface area contributed by atoms with E-state index in [1.807, 2.05) is 0 Å². The van der Waals surface area contributed by atoms with Crippen molar-refractivity contribution in [2.75, 3.05) is 0 Å². The lowest BCUT2D eigenvalue weighted by Gasteiger charge is -1.93. The highest BCUT2D eigenvalue weighted by Gasteiger charge is 1.93. The zero-order valence-corrected chi connectivity index (χ0v) is 6.35. The van der Waals surface area contributed by atoms with Crippen LogP contribution < -0.4 is 5.73 Å². The van der Waals surface area contributed by atoms with Crippen molar-refractivity contribution in [1.82, 2.24) is 0 Å². The van der Waals surface area contributed by atoms with Gasteiger partial charge in [-0.15, -0.1) is 0 Å². The fourth-order valence-corrected chi connectivity index (χ4v) is 0.497. The van der Waals surface area contributed by atoms with Crippen LogP contribution in [-0.4, -0.2) is 14.7 Å². The van der Waals surface area contributed by atoms with Crippen molar-refractivity contribution in [3.05, 3.63) is 12.3 Å². The van der Waals surface area contributed by atoms with Crippen LogP contribution in [0.15, 0.2) is 12.3 Å². The van der Waals surface area contributed by atoms with Gasteiger partial charge < -0.3 is 9.92 Å². The molecule has 5 nitrogen and oxygen atoms in total. The van der Waals surface area contributed by atoms with Crippen molar-refractivity contribution in [1.29, 1.82) is 0 Å². The summed E-state index contributed by atoms with van der Waals surface area (Å²) in [5.41, 5.74) is 4.61. The van der Waals surface area contributed by atoms with Gasteiger partial charge in [0.15, 0.2) is 0 Å². The van der Waals surface area contributed by atoms with E-state index in [1.165, 1.54) is 0 Å². The minimum absolute atomic E-state index is 0.678. The number of nitrogens with two attached hydrogens (primary N) is 1. The Balaban J connectivity index is 3.88. The van der Waals surface area contributed by atoms with Gasteiger partial charge in [-0.25, -0.2) is 0 Å². The van der Waals surface area contributed by atoms with E-state index in [1.54, 1.807) is 0 Å². The summed E-state index contributed by atoms with van der Waals surface area (Å²) in [6, 6.07) is 0. The lowest BCUT2D eigenvalue weighted by atomic mass is 10.6. The minimum Gasteiger partial charge on any atom is -0.390 e. The van der Waals surface area contributed by atoms with Gasteiger partial charge in [0.25, 0.3) is 0 Å². The van der Waals surface area contributed by atoms with Crippen molar-refractivity contribution >= 4 is 26.1 Å². The number of carbonyl (C=O) groups is 1. The van der Waals surface area contributed by atoms with Crippen LogP contribution in [0.3, 0.4) is 0 Å². The topological polar surface area (TPSA) is 89.6 Å². The van der Waals surface area contributed by atoms with Crippen molar-refractivity contribution in [3.8, 4) is 0 Å².